The first kappa shape index (κ1) is 15.5. The highest BCUT2D eigenvalue weighted by molar-refractivity contribution is 5.83. The van der Waals surface area contributed by atoms with Crippen LogP contribution in [-0.4, -0.2) is 32.6 Å². The number of aromatic amines is 1. The van der Waals surface area contributed by atoms with Crippen molar-refractivity contribution in [2.75, 3.05) is 0 Å². The van der Waals surface area contributed by atoms with Crippen LogP contribution in [0.2, 0.25) is 0 Å². The smallest absolute Gasteiger partial charge is 0.262 e. The molecule has 0 fully saturated rings. The van der Waals surface area contributed by atoms with Gasteiger partial charge < -0.3 is 10.1 Å². The molecule has 2 atom stereocenters. The number of rotatable bonds is 5. The third-order valence-electron chi connectivity index (χ3n) is 4.21. The number of H-pyrrole nitrogens is 1. The molecule has 1 aliphatic heterocycles. The molecule has 2 N–H and O–H groups in total. The topological polar surface area (TPSA) is 92.8 Å². The van der Waals surface area contributed by atoms with E-state index in [-0.39, 0.29) is 11.9 Å². The Morgan fingerprint density at radius 3 is 2.91 bits per heavy atom. The lowest BCUT2D eigenvalue weighted by molar-refractivity contribution is -0.128. The molecular formula is C16H21N5O2. The number of fused-ring (bicyclic) bond motifs is 1. The Hall–Kier alpha value is -2.44. The summed E-state index contributed by atoms with van der Waals surface area (Å²) in [6.45, 7) is 6.16. The fourth-order valence-corrected chi connectivity index (χ4v) is 2.80. The van der Waals surface area contributed by atoms with Gasteiger partial charge in [0, 0.05) is 6.42 Å². The molecule has 23 heavy (non-hydrogen) atoms. The average Bonchev–Trinajstić information content (AvgIpc) is 3.16. The molecule has 0 aliphatic carbocycles. The van der Waals surface area contributed by atoms with Crippen molar-refractivity contribution in [1.29, 1.82) is 0 Å². The van der Waals surface area contributed by atoms with Gasteiger partial charge in [-0.2, -0.15) is 5.21 Å². The molecule has 1 aliphatic rings. The number of carbonyl (C=O) groups is 1. The van der Waals surface area contributed by atoms with Crippen molar-refractivity contribution in [1.82, 2.24) is 25.9 Å². The molecule has 2 heterocycles. The van der Waals surface area contributed by atoms with Crippen LogP contribution in [0.3, 0.4) is 0 Å². The summed E-state index contributed by atoms with van der Waals surface area (Å²) in [5.41, 5.74) is 3.46. The summed E-state index contributed by atoms with van der Waals surface area (Å²) in [7, 11) is 0. The van der Waals surface area contributed by atoms with Crippen molar-refractivity contribution in [2.45, 2.75) is 52.2 Å². The van der Waals surface area contributed by atoms with Crippen LogP contribution in [0.5, 0.6) is 5.75 Å². The molecule has 122 valence electrons. The molecule has 7 heteroatoms. The van der Waals surface area contributed by atoms with Crippen LogP contribution in [0.1, 0.15) is 48.3 Å². The van der Waals surface area contributed by atoms with E-state index in [9.17, 15) is 4.79 Å². The summed E-state index contributed by atoms with van der Waals surface area (Å²) in [6, 6.07) is 3.85. The maximum absolute atomic E-state index is 12.5. The zero-order valence-electron chi connectivity index (χ0n) is 13.6. The fourth-order valence-electron chi connectivity index (χ4n) is 2.80. The highest BCUT2D eigenvalue weighted by Gasteiger charge is 2.31. The molecule has 1 aromatic carbocycles. The minimum atomic E-state index is -0.502. The number of nitrogens with one attached hydrogen (secondary N) is 2. The van der Waals surface area contributed by atoms with Gasteiger partial charge in [0.2, 0.25) is 0 Å². The van der Waals surface area contributed by atoms with Gasteiger partial charge in [-0.25, -0.2) is 0 Å². The minimum absolute atomic E-state index is 0.139. The number of tetrazole rings is 1. The maximum atomic E-state index is 12.5. The van der Waals surface area contributed by atoms with E-state index in [2.05, 4.69) is 38.9 Å². The number of hydrogen-bond acceptors (Lipinski definition) is 5. The van der Waals surface area contributed by atoms with Crippen LogP contribution in [0.25, 0.3) is 0 Å². The Morgan fingerprint density at radius 1 is 1.43 bits per heavy atom. The summed E-state index contributed by atoms with van der Waals surface area (Å²) in [4.78, 5) is 12.5. The van der Waals surface area contributed by atoms with Crippen LogP contribution >= 0.6 is 0 Å². The zero-order chi connectivity index (χ0) is 16.4. The normalized spacial score (nSPS) is 17.4. The van der Waals surface area contributed by atoms with Crippen LogP contribution in [0.15, 0.2) is 12.1 Å². The monoisotopic (exact) mass is 315 g/mol. The van der Waals surface area contributed by atoms with E-state index in [0.717, 1.165) is 24.2 Å². The van der Waals surface area contributed by atoms with Gasteiger partial charge in [0.25, 0.3) is 5.91 Å². The molecular weight excluding hydrogens is 294 g/mol. The largest absolute Gasteiger partial charge is 0.480 e. The minimum Gasteiger partial charge on any atom is -0.480 e. The van der Waals surface area contributed by atoms with E-state index in [0.29, 0.717) is 12.2 Å². The standard InChI is InChI=1S/C16H21N5O2/c1-4-5-12(15-18-20-21-19-15)17-16(22)14-8-11-6-9(2)10(3)7-13(11)23-14/h6-7,12,14H,4-5,8H2,1-3H3,(H,17,22)(H,18,19,20,21)/t12-,14+/m0/s1. The van der Waals surface area contributed by atoms with Crippen LogP contribution in [-0.2, 0) is 11.2 Å². The molecule has 0 saturated carbocycles. The van der Waals surface area contributed by atoms with Crippen molar-refractivity contribution in [3.05, 3.63) is 34.6 Å². The predicted molar refractivity (Wildman–Crippen MR) is 84.0 cm³/mol. The van der Waals surface area contributed by atoms with Gasteiger partial charge in [-0.15, -0.1) is 10.2 Å². The Balaban J connectivity index is 1.69. The van der Waals surface area contributed by atoms with Crippen LogP contribution in [0.4, 0.5) is 0 Å². The number of carbonyl (C=O) groups excluding carboxylic acids is 1. The van der Waals surface area contributed by atoms with Crippen molar-refractivity contribution >= 4 is 5.91 Å². The zero-order valence-corrected chi connectivity index (χ0v) is 13.6. The number of amides is 1. The lowest BCUT2D eigenvalue weighted by atomic mass is 10.0. The van der Waals surface area contributed by atoms with Crippen LogP contribution < -0.4 is 10.1 Å². The van der Waals surface area contributed by atoms with E-state index in [1.807, 2.05) is 19.9 Å². The Morgan fingerprint density at radius 2 is 2.22 bits per heavy atom. The SMILES string of the molecule is CCC[C@H](NC(=O)[C@H]1Cc2cc(C)c(C)cc2O1)c1nn[nH]n1. The molecule has 1 aromatic heterocycles. The summed E-state index contributed by atoms with van der Waals surface area (Å²) < 4.78 is 5.82. The molecule has 2 aromatic rings. The second-order valence-electron chi connectivity index (χ2n) is 5.97. The predicted octanol–water partition coefficient (Wildman–Crippen LogP) is 1.78. The van der Waals surface area contributed by atoms with Crippen LogP contribution in [0, 0.1) is 13.8 Å². The number of hydrogen-bond donors (Lipinski definition) is 2. The summed E-state index contributed by atoms with van der Waals surface area (Å²) in [5, 5.41) is 16.9. The van der Waals surface area contributed by atoms with E-state index < -0.39 is 6.10 Å². The van der Waals surface area contributed by atoms with E-state index >= 15 is 0 Å². The number of benzene rings is 1. The van der Waals surface area contributed by atoms with Crippen molar-refractivity contribution < 1.29 is 9.53 Å². The van der Waals surface area contributed by atoms with Gasteiger partial charge in [-0.1, -0.05) is 24.6 Å². The summed E-state index contributed by atoms with van der Waals surface area (Å²) >= 11 is 0. The van der Waals surface area contributed by atoms with Gasteiger partial charge in [-0.3, -0.25) is 4.79 Å². The number of aromatic nitrogens is 4. The van der Waals surface area contributed by atoms with Gasteiger partial charge in [0.15, 0.2) is 11.9 Å². The fraction of sp³-hybridized carbons (Fsp3) is 0.500. The van der Waals surface area contributed by atoms with Gasteiger partial charge in [-0.05, 0) is 43.0 Å². The third kappa shape index (κ3) is 3.18. The second kappa shape index (κ2) is 6.36. The average molecular weight is 315 g/mol. The highest BCUT2D eigenvalue weighted by Crippen LogP contribution is 2.31. The Labute approximate surface area is 134 Å². The number of aryl methyl sites for hydroxylation is 2. The molecule has 3 rings (SSSR count). The van der Waals surface area contributed by atoms with Gasteiger partial charge >= 0.3 is 0 Å². The lowest BCUT2D eigenvalue weighted by Gasteiger charge is -2.17. The highest BCUT2D eigenvalue weighted by atomic mass is 16.5. The summed E-state index contributed by atoms with van der Waals surface area (Å²) in [5.74, 6) is 1.17. The molecule has 0 spiro atoms. The molecule has 1 amide bonds. The van der Waals surface area contributed by atoms with Crippen molar-refractivity contribution in [2.24, 2.45) is 0 Å². The molecule has 7 nitrogen and oxygen atoms in total. The lowest BCUT2D eigenvalue weighted by Crippen LogP contribution is -2.40. The molecule has 0 saturated heterocycles. The molecule has 0 bridgehead atoms. The van der Waals surface area contributed by atoms with E-state index in [4.69, 9.17) is 4.74 Å². The van der Waals surface area contributed by atoms with E-state index in [1.165, 1.54) is 11.1 Å². The van der Waals surface area contributed by atoms with Crippen molar-refractivity contribution in [3.8, 4) is 5.75 Å². The van der Waals surface area contributed by atoms with Crippen molar-refractivity contribution in [3.63, 3.8) is 0 Å². The molecule has 0 radical (unpaired) electrons. The first-order valence-electron chi connectivity index (χ1n) is 7.89. The number of ether oxygens (including phenoxy) is 1. The van der Waals surface area contributed by atoms with Gasteiger partial charge in [0.05, 0.1) is 6.04 Å². The first-order chi connectivity index (χ1) is 11.1. The Bertz CT molecular complexity index is 668. The van der Waals surface area contributed by atoms with Gasteiger partial charge in [0.1, 0.15) is 5.75 Å². The maximum Gasteiger partial charge on any atom is 0.262 e. The Kier molecular flexibility index (Phi) is 4.27. The first-order valence-corrected chi connectivity index (χ1v) is 7.89. The molecule has 0 unspecified atom stereocenters. The number of nitrogens with zero attached hydrogens (tertiary/aromatic N) is 3. The summed E-state index contributed by atoms with van der Waals surface area (Å²) in [6.07, 6.45) is 1.75. The third-order valence-corrected chi connectivity index (χ3v) is 4.21. The quantitative estimate of drug-likeness (QED) is 0.877. The second-order valence-corrected chi connectivity index (χ2v) is 5.97. The van der Waals surface area contributed by atoms with E-state index in [1.54, 1.807) is 0 Å².